The summed E-state index contributed by atoms with van der Waals surface area (Å²) in [5, 5.41) is 0. The van der Waals surface area contributed by atoms with Crippen LogP contribution in [-0.2, 0) is 22.7 Å². The highest BCUT2D eigenvalue weighted by Gasteiger charge is 2.24. The van der Waals surface area contributed by atoms with E-state index in [4.69, 9.17) is 0 Å². The Hall–Kier alpha value is -2.76. The van der Waals surface area contributed by atoms with Gasteiger partial charge in [-0.2, -0.15) is 0 Å². The van der Waals surface area contributed by atoms with Crippen molar-refractivity contribution in [2.45, 2.75) is 25.9 Å². The van der Waals surface area contributed by atoms with E-state index in [2.05, 4.69) is 0 Å². The van der Waals surface area contributed by atoms with Crippen LogP contribution in [0, 0.1) is 0 Å². The van der Waals surface area contributed by atoms with Crippen molar-refractivity contribution in [1.29, 1.82) is 0 Å². The number of hydrogen-bond donors (Lipinski definition) is 0. The molecule has 1 fully saturated rings. The lowest BCUT2D eigenvalue weighted by Gasteiger charge is -2.34. The van der Waals surface area contributed by atoms with Crippen LogP contribution in [-0.4, -0.2) is 47.8 Å². The van der Waals surface area contributed by atoms with Crippen molar-refractivity contribution in [3.8, 4) is 0 Å². The maximum absolute atomic E-state index is 12.4. The quantitative estimate of drug-likeness (QED) is 0.706. The van der Waals surface area contributed by atoms with E-state index in [1.165, 1.54) is 0 Å². The molecule has 1 aliphatic heterocycles. The molecule has 136 valence electrons. The number of carbonyl (C=O) groups is 2. The van der Waals surface area contributed by atoms with Gasteiger partial charge in [0, 0.05) is 50.4 Å². The van der Waals surface area contributed by atoms with Crippen molar-refractivity contribution in [3.05, 3.63) is 61.2 Å². The van der Waals surface area contributed by atoms with Gasteiger partial charge in [-0.05, 0) is 0 Å². The number of pyridine rings is 2. The molecule has 3 rings (SSSR count). The van der Waals surface area contributed by atoms with E-state index in [-0.39, 0.29) is 11.8 Å². The minimum Gasteiger partial charge on any atom is -0.339 e. The molecule has 0 radical (unpaired) electrons. The third-order valence-electron chi connectivity index (χ3n) is 4.71. The Morgan fingerprint density at radius 3 is 1.31 bits per heavy atom. The number of amides is 2. The lowest BCUT2D eigenvalue weighted by molar-refractivity contribution is -0.696. The van der Waals surface area contributed by atoms with Gasteiger partial charge in [0.15, 0.2) is 37.9 Å². The van der Waals surface area contributed by atoms with Crippen molar-refractivity contribution in [2.75, 3.05) is 26.2 Å². The molecule has 26 heavy (non-hydrogen) atoms. The summed E-state index contributed by atoms with van der Waals surface area (Å²) in [6.45, 7) is 3.89. The Morgan fingerprint density at radius 1 is 0.615 bits per heavy atom. The summed E-state index contributed by atoms with van der Waals surface area (Å²) >= 11 is 0. The van der Waals surface area contributed by atoms with E-state index in [1.54, 1.807) is 0 Å². The van der Waals surface area contributed by atoms with E-state index in [1.807, 2.05) is 80.1 Å². The molecule has 3 heterocycles. The van der Waals surface area contributed by atoms with Crippen molar-refractivity contribution < 1.29 is 18.7 Å². The zero-order valence-corrected chi connectivity index (χ0v) is 15.0. The third-order valence-corrected chi connectivity index (χ3v) is 4.71. The topological polar surface area (TPSA) is 48.4 Å². The second kappa shape index (κ2) is 9.08. The Bertz CT molecular complexity index is 650. The minimum absolute atomic E-state index is 0.160. The summed E-state index contributed by atoms with van der Waals surface area (Å²) in [6, 6.07) is 11.8. The predicted octanol–water partition coefficient (Wildman–Crippen LogP) is 0.413. The molecular formula is C20H26N4O2+2. The van der Waals surface area contributed by atoms with Crippen LogP contribution in [0.3, 0.4) is 0 Å². The van der Waals surface area contributed by atoms with Crippen molar-refractivity contribution in [2.24, 2.45) is 0 Å². The molecule has 2 amide bonds. The van der Waals surface area contributed by atoms with Crippen LogP contribution < -0.4 is 9.13 Å². The van der Waals surface area contributed by atoms with E-state index in [0.717, 1.165) is 0 Å². The van der Waals surface area contributed by atoms with Crippen LogP contribution in [0.4, 0.5) is 0 Å². The van der Waals surface area contributed by atoms with Gasteiger partial charge in [-0.3, -0.25) is 9.59 Å². The van der Waals surface area contributed by atoms with Crippen molar-refractivity contribution in [1.82, 2.24) is 9.80 Å². The Morgan fingerprint density at radius 2 is 0.962 bits per heavy atom. The lowest BCUT2D eigenvalue weighted by atomic mass is 10.2. The van der Waals surface area contributed by atoms with Gasteiger partial charge < -0.3 is 9.80 Å². The summed E-state index contributed by atoms with van der Waals surface area (Å²) < 4.78 is 4.03. The van der Waals surface area contributed by atoms with Gasteiger partial charge in [-0.25, -0.2) is 9.13 Å². The first-order chi connectivity index (χ1) is 12.7. The summed E-state index contributed by atoms with van der Waals surface area (Å²) in [4.78, 5) is 28.5. The van der Waals surface area contributed by atoms with Crippen LogP contribution in [0.2, 0.25) is 0 Å². The van der Waals surface area contributed by atoms with Crippen LogP contribution in [0.15, 0.2) is 61.2 Å². The van der Waals surface area contributed by atoms with E-state index in [0.29, 0.717) is 52.1 Å². The number of hydrogen-bond acceptors (Lipinski definition) is 2. The monoisotopic (exact) mass is 354 g/mol. The average molecular weight is 354 g/mol. The van der Waals surface area contributed by atoms with Crippen LogP contribution in [0.5, 0.6) is 0 Å². The van der Waals surface area contributed by atoms with E-state index >= 15 is 0 Å². The highest BCUT2D eigenvalue weighted by molar-refractivity contribution is 5.78. The van der Waals surface area contributed by atoms with Gasteiger partial charge in [-0.15, -0.1) is 0 Å². The van der Waals surface area contributed by atoms with E-state index in [9.17, 15) is 9.59 Å². The van der Waals surface area contributed by atoms with Crippen LogP contribution >= 0.6 is 0 Å². The molecule has 0 spiro atoms. The fourth-order valence-corrected chi connectivity index (χ4v) is 3.14. The van der Waals surface area contributed by atoms with Gasteiger partial charge in [0.25, 0.3) is 0 Å². The first-order valence-corrected chi connectivity index (χ1v) is 9.16. The molecule has 0 saturated carbocycles. The summed E-state index contributed by atoms with van der Waals surface area (Å²) in [7, 11) is 0. The van der Waals surface area contributed by atoms with Gasteiger partial charge in [-0.1, -0.05) is 12.1 Å². The molecule has 6 heteroatoms. The smallest absolute Gasteiger partial charge is 0.229 e. The third kappa shape index (κ3) is 5.12. The number of nitrogens with zero attached hydrogens (tertiary/aromatic N) is 4. The zero-order valence-electron chi connectivity index (χ0n) is 15.0. The summed E-state index contributed by atoms with van der Waals surface area (Å²) in [5.41, 5.74) is 0. The van der Waals surface area contributed by atoms with Gasteiger partial charge in [0.1, 0.15) is 0 Å². The SMILES string of the molecule is O=C(CC[n+]1ccccc1)N1CCN(C(=O)CC[n+]2ccccc2)CC1. The highest BCUT2D eigenvalue weighted by atomic mass is 16.2. The highest BCUT2D eigenvalue weighted by Crippen LogP contribution is 2.06. The van der Waals surface area contributed by atoms with Gasteiger partial charge >= 0.3 is 0 Å². The standard InChI is InChI=1S/C20H26N4O2/c25-19(7-13-21-9-3-1-4-10-21)23-15-17-24(18-16-23)20(26)8-14-22-11-5-2-6-12-22/h1-6,9-12H,7-8,13-18H2/q+2. The van der Waals surface area contributed by atoms with Gasteiger partial charge in [0.2, 0.25) is 11.8 Å². The maximum atomic E-state index is 12.4. The summed E-state index contributed by atoms with van der Waals surface area (Å²) in [6.07, 6.45) is 8.85. The predicted molar refractivity (Wildman–Crippen MR) is 95.7 cm³/mol. The molecule has 0 unspecified atom stereocenters. The first kappa shape index (κ1) is 18.0. The Labute approximate surface area is 154 Å². The average Bonchev–Trinajstić information content (AvgIpc) is 2.72. The number of aromatic nitrogens is 2. The molecule has 0 aromatic carbocycles. The largest absolute Gasteiger partial charge is 0.339 e. The maximum Gasteiger partial charge on any atom is 0.229 e. The minimum atomic E-state index is 0.160. The van der Waals surface area contributed by atoms with Gasteiger partial charge in [0.05, 0.1) is 12.8 Å². The number of rotatable bonds is 6. The number of piperazine rings is 1. The molecule has 1 saturated heterocycles. The number of carbonyl (C=O) groups excluding carboxylic acids is 2. The molecule has 0 bridgehead atoms. The fourth-order valence-electron chi connectivity index (χ4n) is 3.14. The molecule has 0 aliphatic carbocycles. The van der Waals surface area contributed by atoms with Crippen LogP contribution in [0.1, 0.15) is 12.8 Å². The molecule has 2 aromatic heterocycles. The molecule has 1 aliphatic rings. The normalized spacial score (nSPS) is 14.3. The van der Waals surface area contributed by atoms with Crippen LogP contribution in [0.25, 0.3) is 0 Å². The second-order valence-electron chi connectivity index (χ2n) is 6.49. The number of aryl methyl sites for hydroxylation is 2. The van der Waals surface area contributed by atoms with Crippen molar-refractivity contribution in [3.63, 3.8) is 0 Å². The zero-order chi connectivity index (χ0) is 18.2. The molecule has 0 atom stereocenters. The molecular weight excluding hydrogens is 328 g/mol. The Kier molecular flexibility index (Phi) is 6.30. The fraction of sp³-hybridized carbons (Fsp3) is 0.400. The first-order valence-electron chi connectivity index (χ1n) is 9.16. The molecule has 2 aromatic rings. The van der Waals surface area contributed by atoms with Crippen molar-refractivity contribution >= 4 is 11.8 Å². The lowest BCUT2D eigenvalue weighted by Crippen LogP contribution is -2.51. The second-order valence-corrected chi connectivity index (χ2v) is 6.49. The Balaban J connectivity index is 1.39. The molecule has 6 nitrogen and oxygen atoms in total. The molecule has 0 N–H and O–H groups in total. The summed E-state index contributed by atoms with van der Waals surface area (Å²) in [5.74, 6) is 0.321. The van der Waals surface area contributed by atoms with E-state index < -0.39 is 0 Å².